The number of sulfonamides is 1. The summed E-state index contributed by atoms with van der Waals surface area (Å²) in [4.78, 5) is 7.23. The average Bonchev–Trinajstić information content (AvgIpc) is 2.33. The van der Waals surface area contributed by atoms with Crippen LogP contribution in [0.2, 0.25) is 5.15 Å². The minimum absolute atomic E-state index is 0.00676. The highest BCUT2D eigenvalue weighted by atomic mass is 35.5. The Labute approximate surface area is 119 Å². The second-order valence-electron chi connectivity index (χ2n) is 3.97. The number of hydrogen-bond acceptors (Lipinski definition) is 5. The van der Waals surface area contributed by atoms with E-state index >= 15 is 0 Å². The predicted molar refractivity (Wildman–Crippen MR) is 73.4 cm³/mol. The molecule has 0 aliphatic carbocycles. The lowest BCUT2D eigenvalue weighted by Crippen LogP contribution is -2.16. The third kappa shape index (κ3) is 2.97. The fraction of sp³-hybridized carbons (Fsp3) is 0.0909. The van der Waals surface area contributed by atoms with Crippen molar-refractivity contribution in [2.45, 2.75) is 11.8 Å². The molecule has 1 heterocycles. The maximum absolute atomic E-state index is 13.2. The van der Waals surface area contributed by atoms with Crippen LogP contribution < -0.4 is 10.5 Å². The first kappa shape index (κ1) is 14.5. The van der Waals surface area contributed by atoms with E-state index in [1.54, 1.807) is 0 Å². The molecule has 3 N–H and O–H groups in total. The Morgan fingerprint density at radius 1 is 1.30 bits per heavy atom. The number of anilines is 2. The van der Waals surface area contributed by atoms with Gasteiger partial charge in [0.05, 0.1) is 10.6 Å². The van der Waals surface area contributed by atoms with Gasteiger partial charge in [-0.15, -0.1) is 0 Å². The number of aryl methyl sites for hydroxylation is 1. The van der Waals surface area contributed by atoms with E-state index < -0.39 is 15.8 Å². The van der Waals surface area contributed by atoms with E-state index in [1.807, 2.05) is 0 Å². The van der Waals surface area contributed by atoms with Gasteiger partial charge in [-0.1, -0.05) is 11.6 Å². The zero-order valence-electron chi connectivity index (χ0n) is 10.3. The minimum atomic E-state index is -3.95. The quantitative estimate of drug-likeness (QED) is 0.666. The summed E-state index contributed by atoms with van der Waals surface area (Å²) >= 11 is 5.64. The molecule has 2 aromatic rings. The lowest BCUT2D eigenvalue weighted by Gasteiger charge is -2.10. The first-order chi connectivity index (χ1) is 9.29. The lowest BCUT2D eigenvalue weighted by molar-refractivity contribution is 0.599. The molecule has 0 aliphatic heterocycles. The molecule has 1 aromatic carbocycles. The number of nitrogen functional groups attached to an aromatic ring is 1. The van der Waals surface area contributed by atoms with Crippen molar-refractivity contribution in [3.63, 3.8) is 0 Å². The molecular weight excluding hydrogens is 307 g/mol. The van der Waals surface area contributed by atoms with E-state index in [0.29, 0.717) is 0 Å². The minimum Gasteiger partial charge on any atom is -0.396 e. The van der Waals surface area contributed by atoms with Crippen molar-refractivity contribution in [3.05, 3.63) is 41.1 Å². The molecule has 0 atom stereocenters. The summed E-state index contributed by atoms with van der Waals surface area (Å²) in [5.41, 5.74) is 5.36. The van der Waals surface area contributed by atoms with Crippen LogP contribution in [0.25, 0.3) is 0 Å². The van der Waals surface area contributed by atoms with Crippen molar-refractivity contribution in [1.82, 2.24) is 9.97 Å². The number of aromatic nitrogens is 2. The summed E-state index contributed by atoms with van der Waals surface area (Å²) in [7, 11) is -3.95. The SMILES string of the molecule is Cc1cc(F)c(N)cc1S(=O)(=O)Nc1cc(Cl)ncn1. The molecular formula is C11H10ClFN4O2S. The Morgan fingerprint density at radius 3 is 2.65 bits per heavy atom. The Bertz CT molecular complexity index is 767. The molecule has 0 radical (unpaired) electrons. The van der Waals surface area contributed by atoms with Crippen molar-refractivity contribution < 1.29 is 12.8 Å². The number of benzene rings is 1. The second-order valence-corrected chi connectivity index (χ2v) is 6.01. The number of nitrogens with two attached hydrogens (primary N) is 1. The molecule has 0 saturated carbocycles. The molecule has 9 heteroatoms. The van der Waals surface area contributed by atoms with Crippen molar-refractivity contribution in [2.75, 3.05) is 10.5 Å². The first-order valence-electron chi connectivity index (χ1n) is 5.35. The standard InChI is InChI=1S/C11H10ClFN4O2S/c1-6-2-7(13)8(14)3-9(6)20(18,19)17-11-4-10(12)15-5-16-11/h2-5H,14H2,1H3,(H,15,16,17). The highest BCUT2D eigenvalue weighted by Crippen LogP contribution is 2.23. The van der Waals surface area contributed by atoms with Gasteiger partial charge in [-0.3, -0.25) is 4.72 Å². The molecule has 20 heavy (non-hydrogen) atoms. The van der Waals surface area contributed by atoms with Gasteiger partial charge in [0.2, 0.25) is 0 Å². The van der Waals surface area contributed by atoms with Crippen molar-refractivity contribution >= 4 is 33.1 Å². The maximum Gasteiger partial charge on any atom is 0.263 e. The van der Waals surface area contributed by atoms with Gasteiger partial charge in [0.25, 0.3) is 10.0 Å². The molecule has 106 valence electrons. The molecule has 6 nitrogen and oxygen atoms in total. The molecule has 0 fully saturated rings. The topological polar surface area (TPSA) is 98.0 Å². The fourth-order valence-corrected chi connectivity index (χ4v) is 2.95. The van der Waals surface area contributed by atoms with Crippen molar-refractivity contribution in [1.29, 1.82) is 0 Å². The van der Waals surface area contributed by atoms with Crippen molar-refractivity contribution in [2.24, 2.45) is 0 Å². The monoisotopic (exact) mass is 316 g/mol. The van der Waals surface area contributed by atoms with Crippen LogP contribution in [0.4, 0.5) is 15.9 Å². The van der Waals surface area contributed by atoms with Crippen molar-refractivity contribution in [3.8, 4) is 0 Å². The molecule has 0 aliphatic rings. The van der Waals surface area contributed by atoms with Gasteiger partial charge in [-0.25, -0.2) is 22.8 Å². The van der Waals surface area contributed by atoms with Gasteiger partial charge in [-0.05, 0) is 24.6 Å². The molecule has 2 rings (SSSR count). The van der Waals surface area contributed by atoms with E-state index in [1.165, 1.54) is 13.0 Å². The van der Waals surface area contributed by atoms with Crippen LogP contribution in [0.5, 0.6) is 0 Å². The smallest absolute Gasteiger partial charge is 0.263 e. The Hall–Kier alpha value is -1.93. The average molecular weight is 317 g/mol. The number of hydrogen-bond donors (Lipinski definition) is 2. The van der Waals surface area contributed by atoms with E-state index in [2.05, 4.69) is 14.7 Å². The number of rotatable bonds is 3. The lowest BCUT2D eigenvalue weighted by atomic mass is 10.2. The van der Waals surface area contributed by atoms with Crippen LogP contribution in [0, 0.1) is 12.7 Å². The molecule has 0 bridgehead atoms. The first-order valence-corrected chi connectivity index (χ1v) is 7.22. The summed E-state index contributed by atoms with van der Waals surface area (Å²) < 4.78 is 39.9. The fourth-order valence-electron chi connectivity index (χ4n) is 1.54. The van der Waals surface area contributed by atoms with Gasteiger partial charge in [0.1, 0.15) is 23.1 Å². The predicted octanol–water partition coefficient (Wildman–Crippen LogP) is 1.96. The van der Waals surface area contributed by atoms with Gasteiger partial charge in [0.15, 0.2) is 0 Å². The van der Waals surface area contributed by atoms with Crippen LogP contribution in [0.15, 0.2) is 29.4 Å². The van der Waals surface area contributed by atoms with Crippen LogP contribution in [0.1, 0.15) is 5.56 Å². The van der Waals surface area contributed by atoms with Gasteiger partial charge < -0.3 is 5.73 Å². The summed E-state index contributed by atoms with van der Waals surface area (Å²) in [6.07, 6.45) is 1.12. The Kier molecular flexibility index (Phi) is 3.78. The second kappa shape index (κ2) is 5.22. The Balaban J connectivity index is 2.43. The summed E-state index contributed by atoms with van der Waals surface area (Å²) in [5, 5.41) is 0.0908. The van der Waals surface area contributed by atoms with Gasteiger partial charge in [-0.2, -0.15) is 0 Å². The third-order valence-corrected chi connectivity index (χ3v) is 4.16. The van der Waals surface area contributed by atoms with E-state index in [-0.39, 0.29) is 27.1 Å². The highest BCUT2D eigenvalue weighted by Gasteiger charge is 2.19. The highest BCUT2D eigenvalue weighted by molar-refractivity contribution is 7.92. The zero-order valence-corrected chi connectivity index (χ0v) is 11.8. The van der Waals surface area contributed by atoms with Crippen LogP contribution in [-0.4, -0.2) is 18.4 Å². The number of nitrogens with one attached hydrogen (secondary N) is 1. The number of halogens is 2. The maximum atomic E-state index is 13.2. The normalized spacial score (nSPS) is 11.3. The van der Waals surface area contributed by atoms with E-state index in [9.17, 15) is 12.8 Å². The summed E-state index contributed by atoms with van der Waals surface area (Å²) in [6, 6.07) is 3.36. The van der Waals surface area contributed by atoms with E-state index in [4.69, 9.17) is 17.3 Å². The zero-order chi connectivity index (χ0) is 14.9. The largest absolute Gasteiger partial charge is 0.396 e. The van der Waals surface area contributed by atoms with Crippen LogP contribution in [0.3, 0.4) is 0 Å². The molecule has 0 unspecified atom stereocenters. The van der Waals surface area contributed by atoms with Crippen LogP contribution in [-0.2, 0) is 10.0 Å². The summed E-state index contributed by atoms with van der Waals surface area (Å²) in [5.74, 6) is -0.668. The van der Waals surface area contributed by atoms with E-state index in [0.717, 1.165) is 18.5 Å². The summed E-state index contributed by atoms with van der Waals surface area (Å²) in [6.45, 7) is 1.46. The number of nitrogens with zero attached hydrogens (tertiary/aromatic N) is 2. The molecule has 0 spiro atoms. The molecule has 1 aromatic heterocycles. The van der Waals surface area contributed by atoms with Gasteiger partial charge in [0, 0.05) is 6.07 Å². The van der Waals surface area contributed by atoms with Crippen LogP contribution >= 0.6 is 11.6 Å². The Morgan fingerprint density at radius 2 is 2.00 bits per heavy atom. The molecule has 0 saturated heterocycles. The molecule has 0 amide bonds. The third-order valence-electron chi connectivity index (χ3n) is 2.46. The van der Waals surface area contributed by atoms with Gasteiger partial charge >= 0.3 is 0 Å².